The van der Waals surface area contributed by atoms with Crippen LogP contribution in [0.5, 0.6) is 0 Å². The van der Waals surface area contributed by atoms with Gasteiger partial charge in [-0.2, -0.15) is 0 Å². The predicted octanol–water partition coefficient (Wildman–Crippen LogP) is 7.30. The van der Waals surface area contributed by atoms with E-state index in [2.05, 4.69) is 24.5 Å². The Morgan fingerprint density at radius 2 is 1.36 bits per heavy atom. The summed E-state index contributed by atoms with van der Waals surface area (Å²) in [5, 5.41) is 6.44. The minimum absolute atomic E-state index is 0.0296. The number of carbonyl (C=O) groups is 4. The Hall–Kier alpha value is -4.70. The Balaban J connectivity index is 1.69. The number of hydrogen-bond acceptors (Lipinski definition) is 7. The lowest BCUT2D eigenvalue weighted by Gasteiger charge is -2.45. The lowest BCUT2D eigenvalue weighted by Crippen LogP contribution is -2.66. The highest BCUT2D eigenvalue weighted by atomic mass is 16.6. The van der Waals surface area contributed by atoms with Gasteiger partial charge in [-0.15, -0.1) is 0 Å². The molecule has 0 bridgehead atoms. The zero-order valence-electron chi connectivity index (χ0n) is 34.0. The number of amides is 3. The summed E-state index contributed by atoms with van der Waals surface area (Å²) in [4.78, 5) is 58.9. The molecule has 10 heteroatoms. The van der Waals surface area contributed by atoms with Crippen LogP contribution in [0.3, 0.4) is 0 Å². The molecule has 3 amide bonds. The van der Waals surface area contributed by atoms with Crippen molar-refractivity contribution in [3.05, 3.63) is 108 Å². The van der Waals surface area contributed by atoms with E-state index in [9.17, 15) is 19.2 Å². The van der Waals surface area contributed by atoms with Crippen molar-refractivity contribution in [3.63, 3.8) is 0 Å². The maximum Gasteiger partial charge on any atom is 0.411 e. The predicted molar refractivity (Wildman–Crippen MR) is 216 cm³/mol. The van der Waals surface area contributed by atoms with Gasteiger partial charge in [0.25, 0.3) is 0 Å². The molecule has 3 aromatic rings. The van der Waals surface area contributed by atoms with Crippen molar-refractivity contribution in [3.8, 4) is 0 Å². The van der Waals surface area contributed by atoms with Crippen LogP contribution in [0.2, 0.25) is 0 Å². The highest BCUT2D eigenvalue weighted by molar-refractivity contribution is 5.87. The fourth-order valence-electron chi connectivity index (χ4n) is 7.48. The van der Waals surface area contributed by atoms with Crippen LogP contribution in [0.25, 0.3) is 0 Å². The number of nitrogens with one attached hydrogen (secondary N) is 2. The molecular weight excluding hydrogens is 693 g/mol. The molecule has 0 unspecified atom stereocenters. The van der Waals surface area contributed by atoms with Gasteiger partial charge in [0.05, 0.1) is 13.2 Å². The number of benzene rings is 3. The second kappa shape index (κ2) is 19.8. The van der Waals surface area contributed by atoms with Crippen LogP contribution in [0.4, 0.5) is 4.79 Å². The normalized spacial score (nSPS) is 16.9. The Morgan fingerprint density at radius 3 is 1.82 bits per heavy atom. The summed E-state index contributed by atoms with van der Waals surface area (Å²) < 4.78 is 11.3. The number of carbonyl (C=O) groups excluding carboxylic acids is 4. The van der Waals surface area contributed by atoms with Crippen molar-refractivity contribution in [1.29, 1.82) is 0 Å². The molecule has 0 spiro atoms. The highest BCUT2D eigenvalue weighted by Crippen LogP contribution is 2.37. The Labute approximate surface area is 328 Å². The summed E-state index contributed by atoms with van der Waals surface area (Å²) >= 11 is 0. The summed E-state index contributed by atoms with van der Waals surface area (Å²) in [6, 6.07) is 27.7. The average molecular weight is 755 g/mol. The molecule has 3 atom stereocenters. The monoisotopic (exact) mass is 754 g/mol. The van der Waals surface area contributed by atoms with Gasteiger partial charge in [-0.1, -0.05) is 119 Å². The number of methoxy groups -OCH3 is 1. The van der Waals surface area contributed by atoms with E-state index >= 15 is 0 Å². The molecule has 4 rings (SSSR count). The molecule has 2 N–H and O–H groups in total. The zero-order chi connectivity index (χ0) is 40.2. The van der Waals surface area contributed by atoms with Gasteiger partial charge >= 0.3 is 12.1 Å². The van der Waals surface area contributed by atoms with E-state index < -0.39 is 41.3 Å². The lowest BCUT2D eigenvalue weighted by molar-refractivity contribution is -0.148. The summed E-state index contributed by atoms with van der Waals surface area (Å²) in [5.41, 5.74) is 0.929. The van der Waals surface area contributed by atoms with Crippen LogP contribution in [0.1, 0.15) is 97.3 Å². The SMILES string of the molecule is COC(=O)[C@H](CCC(=O)NC(c1ccccc1)(c1ccccc1)c1ccccc1)N(CCCC(C)C)C[C@H]1CNC(=O)[C@H](CC(C)C)N1C(=O)OC(C)(C)C. The van der Waals surface area contributed by atoms with Crippen LogP contribution < -0.4 is 10.6 Å². The Kier molecular flexibility index (Phi) is 15.5. The molecule has 1 aliphatic heterocycles. The molecule has 55 heavy (non-hydrogen) atoms. The molecule has 1 heterocycles. The summed E-state index contributed by atoms with van der Waals surface area (Å²) in [6.07, 6.45) is 1.82. The molecule has 1 saturated heterocycles. The average Bonchev–Trinajstić information content (AvgIpc) is 3.15. The molecule has 0 aliphatic carbocycles. The van der Waals surface area contributed by atoms with Gasteiger partial charge in [-0.05, 0) is 81.5 Å². The van der Waals surface area contributed by atoms with E-state index in [1.807, 2.05) is 110 Å². The van der Waals surface area contributed by atoms with Crippen LogP contribution >= 0.6 is 0 Å². The zero-order valence-corrected chi connectivity index (χ0v) is 34.0. The van der Waals surface area contributed by atoms with Crippen molar-refractivity contribution in [2.24, 2.45) is 11.8 Å². The maximum atomic E-state index is 14.4. The third-order valence-electron chi connectivity index (χ3n) is 10.0. The van der Waals surface area contributed by atoms with Crippen LogP contribution in [-0.4, -0.2) is 84.1 Å². The van der Waals surface area contributed by atoms with E-state index in [-0.39, 0.29) is 43.7 Å². The first-order valence-corrected chi connectivity index (χ1v) is 19.7. The van der Waals surface area contributed by atoms with E-state index in [4.69, 9.17) is 9.47 Å². The molecule has 10 nitrogen and oxygen atoms in total. The number of esters is 1. The quantitative estimate of drug-likeness (QED) is 0.110. The number of hydrogen-bond donors (Lipinski definition) is 2. The van der Waals surface area contributed by atoms with E-state index in [0.717, 1.165) is 29.5 Å². The first kappa shape index (κ1) is 43.0. The van der Waals surface area contributed by atoms with Crippen molar-refractivity contribution in [2.45, 2.75) is 110 Å². The van der Waals surface area contributed by atoms with E-state index in [0.29, 0.717) is 18.9 Å². The fourth-order valence-corrected chi connectivity index (χ4v) is 7.48. The second-order valence-corrected chi connectivity index (χ2v) is 16.4. The van der Waals surface area contributed by atoms with Gasteiger partial charge in [0, 0.05) is 19.5 Å². The Morgan fingerprint density at radius 1 is 0.836 bits per heavy atom. The van der Waals surface area contributed by atoms with Gasteiger partial charge < -0.3 is 20.1 Å². The summed E-state index contributed by atoms with van der Waals surface area (Å²) in [6.45, 7) is 14.8. The molecular formula is C45H62N4O6. The van der Waals surface area contributed by atoms with E-state index in [1.165, 1.54) is 7.11 Å². The van der Waals surface area contributed by atoms with Crippen LogP contribution in [0, 0.1) is 11.8 Å². The number of rotatable bonds is 17. The highest BCUT2D eigenvalue weighted by Gasteiger charge is 2.44. The van der Waals surface area contributed by atoms with E-state index in [1.54, 1.807) is 25.7 Å². The minimum atomic E-state index is -1.00. The molecule has 298 valence electrons. The molecule has 3 aromatic carbocycles. The largest absolute Gasteiger partial charge is 0.468 e. The third-order valence-corrected chi connectivity index (χ3v) is 10.0. The Bertz CT molecular complexity index is 1580. The first-order valence-electron chi connectivity index (χ1n) is 19.7. The van der Waals surface area contributed by atoms with Gasteiger partial charge in [-0.3, -0.25) is 24.2 Å². The third kappa shape index (κ3) is 11.7. The molecule has 1 fully saturated rings. The minimum Gasteiger partial charge on any atom is -0.468 e. The van der Waals surface area contributed by atoms with Gasteiger partial charge in [0.15, 0.2) is 0 Å². The lowest BCUT2D eigenvalue weighted by atomic mass is 9.77. The summed E-state index contributed by atoms with van der Waals surface area (Å²) in [5.74, 6) is -0.334. The number of nitrogens with zero attached hydrogens (tertiary/aromatic N) is 2. The van der Waals surface area contributed by atoms with Crippen LogP contribution in [-0.2, 0) is 29.4 Å². The van der Waals surface area contributed by atoms with Crippen molar-refractivity contribution in [1.82, 2.24) is 20.4 Å². The molecule has 0 saturated carbocycles. The standard InChI is InChI=1S/C45H62N4O6/c1-32(2)19-18-28-48(31-37-30-46-41(51)39(29-33(3)4)49(37)43(53)55-44(5,6)7)38(42(52)54-8)26-27-40(50)47-45(34-20-12-9-13-21-34,35-22-14-10-15-23-35)36-24-16-11-17-25-36/h9-17,20-25,32-33,37-39H,18-19,26-31H2,1-8H3,(H,46,51)(H,47,50)/t37-,38+,39+/m1/s1. The van der Waals surface area contributed by atoms with Gasteiger partial charge in [0.2, 0.25) is 11.8 Å². The topological polar surface area (TPSA) is 117 Å². The molecule has 0 radical (unpaired) electrons. The molecule has 1 aliphatic rings. The maximum absolute atomic E-state index is 14.4. The number of piperazine rings is 1. The van der Waals surface area contributed by atoms with Crippen molar-refractivity contribution < 1.29 is 28.7 Å². The van der Waals surface area contributed by atoms with Gasteiger partial charge in [0.1, 0.15) is 23.2 Å². The van der Waals surface area contributed by atoms with Crippen molar-refractivity contribution in [2.75, 3.05) is 26.7 Å². The second-order valence-electron chi connectivity index (χ2n) is 16.4. The van der Waals surface area contributed by atoms with Crippen LogP contribution in [0.15, 0.2) is 91.0 Å². The summed E-state index contributed by atoms with van der Waals surface area (Å²) in [7, 11) is 1.36. The number of ether oxygens (including phenoxy) is 2. The van der Waals surface area contributed by atoms with Crippen molar-refractivity contribution >= 4 is 23.9 Å². The smallest absolute Gasteiger partial charge is 0.411 e. The first-order chi connectivity index (χ1) is 26.2. The molecule has 0 aromatic heterocycles. The van der Waals surface area contributed by atoms with Gasteiger partial charge in [-0.25, -0.2) is 4.79 Å². The fraction of sp³-hybridized carbons (Fsp3) is 0.511.